The van der Waals surface area contributed by atoms with Crippen LogP contribution in [0.15, 0.2) is 54.8 Å². The maximum Gasteiger partial charge on any atom is 0.337 e. The molecule has 0 amide bonds. The van der Waals surface area contributed by atoms with Crippen molar-refractivity contribution in [2.75, 3.05) is 21.2 Å². The molecule has 140 valence electrons. The number of ether oxygens (including phenoxy) is 2. The Labute approximate surface area is 156 Å². The maximum absolute atomic E-state index is 13.8. The summed E-state index contributed by atoms with van der Waals surface area (Å²) < 4.78 is 23.5. The number of benzene rings is 2. The van der Waals surface area contributed by atoms with Crippen molar-refractivity contribution in [3.8, 4) is 11.8 Å². The first-order chi connectivity index (χ1) is 12.9. The van der Waals surface area contributed by atoms with Gasteiger partial charge in [0.25, 0.3) is 0 Å². The summed E-state index contributed by atoms with van der Waals surface area (Å²) in [6.07, 6.45) is 0. The second-order valence-corrected chi connectivity index (χ2v) is 5.18. The van der Waals surface area contributed by atoms with Gasteiger partial charge in [0.05, 0.1) is 24.3 Å². The molecular weight excluding hydrogens is 351 g/mol. The molecule has 0 aliphatic heterocycles. The van der Waals surface area contributed by atoms with E-state index in [-0.39, 0.29) is 28.2 Å². The first kappa shape index (κ1) is 21.5. The number of hydrogen-bond acceptors (Lipinski definition) is 6. The maximum atomic E-state index is 13.8. The molecule has 0 aliphatic rings. The summed E-state index contributed by atoms with van der Waals surface area (Å²) in [5.74, 6) is -2.53. The van der Waals surface area contributed by atoms with Gasteiger partial charge in [-0.25, -0.2) is 9.18 Å². The van der Waals surface area contributed by atoms with Gasteiger partial charge >= 0.3 is 5.97 Å². The number of rotatable bonds is 5. The van der Waals surface area contributed by atoms with Crippen molar-refractivity contribution in [3.05, 3.63) is 77.3 Å². The SMILES string of the molecule is C=C(Oc1ccc(C#N)cc1F)C(=O)c1cccc(C(=O)OC)c1.CNC. The zero-order chi connectivity index (χ0) is 20.4. The van der Waals surface area contributed by atoms with Crippen LogP contribution in [0, 0.1) is 17.1 Å². The van der Waals surface area contributed by atoms with Gasteiger partial charge < -0.3 is 14.8 Å². The topological polar surface area (TPSA) is 88.4 Å². The Morgan fingerprint density at radius 2 is 1.78 bits per heavy atom. The summed E-state index contributed by atoms with van der Waals surface area (Å²) in [6.45, 7) is 3.49. The summed E-state index contributed by atoms with van der Waals surface area (Å²) in [5, 5.41) is 11.4. The summed E-state index contributed by atoms with van der Waals surface area (Å²) in [6, 6.07) is 11.2. The zero-order valence-electron chi connectivity index (χ0n) is 15.2. The second-order valence-electron chi connectivity index (χ2n) is 5.18. The number of halogens is 1. The Hall–Kier alpha value is -3.50. The highest BCUT2D eigenvalue weighted by atomic mass is 19.1. The quantitative estimate of drug-likeness (QED) is 0.377. The first-order valence-corrected chi connectivity index (χ1v) is 7.75. The standard InChI is InChI=1S/C18H12FNO4.C2H7N/c1-11(24-16-7-6-12(10-20)8-15(16)19)17(21)13-4-3-5-14(9-13)18(22)23-2;1-3-2/h3-9H,1H2,2H3;3H,1-2H3. The molecule has 0 radical (unpaired) electrons. The molecule has 0 spiro atoms. The van der Waals surface area contributed by atoms with Gasteiger partial charge in [0.15, 0.2) is 17.3 Å². The molecule has 0 fully saturated rings. The highest BCUT2D eigenvalue weighted by Gasteiger charge is 2.16. The summed E-state index contributed by atoms with van der Waals surface area (Å²) in [4.78, 5) is 23.8. The van der Waals surface area contributed by atoms with E-state index in [0.29, 0.717) is 0 Å². The lowest BCUT2D eigenvalue weighted by Crippen LogP contribution is -2.10. The van der Waals surface area contributed by atoms with E-state index in [2.05, 4.69) is 16.6 Å². The highest BCUT2D eigenvalue weighted by Crippen LogP contribution is 2.21. The third kappa shape index (κ3) is 6.06. The van der Waals surface area contributed by atoms with Crippen LogP contribution in [0.25, 0.3) is 0 Å². The van der Waals surface area contributed by atoms with E-state index in [1.54, 1.807) is 6.07 Å². The van der Waals surface area contributed by atoms with Crippen LogP contribution in [0.2, 0.25) is 0 Å². The van der Waals surface area contributed by atoms with Gasteiger partial charge in [0.1, 0.15) is 0 Å². The Bertz CT molecular complexity index is 888. The fourth-order valence-corrected chi connectivity index (χ4v) is 1.90. The van der Waals surface area contributed by atoms with Gasteiger partial charge in [-0.1, -0.05) is 18.7 Å². The van der Waals surface area contributed by atoms with E-state index >= 15 is 0 Å². The molecule has 27 heavy (non-hydrogen) atoms. The molecule has 0 saturated carbocycles. The van der Waals surface area contributed by atoms with Gasteiger partial charge in [0.2, 0.25) is 5.78 Å². The highest BCUT2D eigenvalue weighted by molar-refractivity contribution is 6.08. The number of methoxy groups -OCH3 is 1. The largest absolute Gasteiger partial charge is 0.465 e. The number of nitriles is 1. The fraction of sp³-hybridized carbons (Fsp3) is 0.150. The van der Waals surface area contributed by atoms with Crippen LogP contribution in [-0.2, 0) is 4.74 Å². The molecule has 2 rings (SSSR count). The average molecular weight is 370 g/mol. The second kappa shape index (κ2) is 10.5. The number of nitrogens with zero attached hydrogens (tertiary/aromatic N) is 1. The van der Waals surface area contributed by atoms with Crippen LogP contribution in [0.3, 0.4) is 0 Å². The number of carbonyl (C=O) groups excluding carboxylic acids is 2. The smallest absolute Gasteiger partial charge is 0.337 e. The Balaban J connectivity index is 0.00000114. The Morgan fingerprint density at radius 3 is 2.33 bits per heavy atom. The third-order valence-electron chi connectivity index (χ3n) is 3.09. The summed E-state index contributed by atoms with van der Waals surface area (Å²) in [5.41, 5.74) is 0.472. The van der Waals surface area contributed by atoms with Gasteiger partial charge in [-0.3, -0.25) is 4.79 Å². The molecule has 0 bridgehead atoms. The minimum Gasteiger partial charge on any atom is -0.465 e. The van der Waals surface area contributed by atoms with Crippen LogP contribution < -0.4 is 10.1 Å². The van der Waals surface area contributed by atoms with Gasteiger partial charge in [-0.15, -0.1) is 0 Å². The van der Waals surface area contributed by atoms with Crippen LogP contribution in [0.5, 0.6) is 5.75 Å². The molecule has 1 N–H and O–H groups in total. The Kier molecular flexibility index (Phi) is 8.36. The Morgan fingerprint density at radius 1 is 1.15 bits per heavy atom. The lowest BCUT2D eigenvalue weighted by molar-refractivity contribution is 0.0600. The molecule has 0 aliphatic carbocycles. The normalized spacial score (nSPS) is 9.30. The van der Waals surface area contributed by atoms with E-state index in [1.807, 2.05) is 14.1 Å². The van der Waals surface area contributed by atoms with E-state index in [0.717, 1.165) is 6.07 Å². The average Bonchev–Trinajstić information content (AvgIpc) is 2.68. The predicted molar refractivity (Wildman–Crippen MR) is 98.0 cm³/mol. The van der Waals surface area contributed by atoms with Crippen LogP contribution in [0.4, 0.5) is 4.39 Å². The number of nitrogens with one attached hydrogen (secondary N) is 1. The van der Waals surface area contributed by atoms with Crippen LogP contribution in [-0.4, -0.2) is 33.0 Å². The molecular formula is C20H19FN2O4. The van der Waals surface area contributed by atoms with Crippen molar-refractivity contribution in [2.24, 2.45) is 0 Å². The van der Waals surface area contributed by atoms with Crippen LogP contribution in [0.1, 0.15) is 26.3 Å². The lowest BCUT2D eigenvalue weighted by atomic mass is 10.1. The molecule has 0 unspecified atom stereocenters. The van der Waals surface area contributed by atoms with E-state index in [9.17, 15) is 14.0 Å². The van der Waals surface area contributed by atoms with Crippen molar-refractivity contribution in [1.82, 2.24) is 5.32 Å². The number of Topliss-reactive ketones (excluding diaryl/α,β-unsaturated/α-hetero) is 1. The molecule has 2 aromatic rings. The lowest BCUT2D eigenvalue weighted by Gasteiger charge is -2.09. The predicted octanol–water partition coefficient (Wildman–Crippen LogP) is 3.09. The minimum atomic E-state index is -0.786. The molecule has 0 atom stereocenters. The molecule has 0 heterocycles. The number of carbonyl (C=O) groups is 2. The van der Waals surface area contributed by atoms with Crippen molar-refractivity contribution >= 4 is 11.8 Å². The fourth-order valence-electron chi connectivity index (χ4n) is 1.90. The molecule has 0 saturated heterocycles. The van der Waals surface area contributed by atoms with E-state index in [4.69, 9.17) is 10.00 Å². The molecule has 7 heteroatoms. The van der Waals surface area contributed by atoms with Crippen molar-refractivity contribution in [2.45, 2.75) is 0 Å². The van der Waals surface area contributed by atoms with Gasteiger partial charge in [-0.05, 0) is 44.4 Å². The third-order valence-corrected chi connectivity index (χ3v) is 3.09. The van der Waals surface area contributed by atoms with Crippen molar-refractivity contribution in [1.29, 1.82) is 5.26 Å². The monoisotopic (exact) mass is 370 g/mol. The summed E-state index contributed by atoms with van der Waals surface area (Å²) >= 11 is 0. The number of esters is 1. The minimum absolute atomic E-state index is 0.127. The van der Waals surface area contributed by atoms with Gasteiger partial charge in [-0.2, -0.15) is 5.26 Å². The number of ketones is 1. The number of hydrogen-bond donors (Lipinski definition) is 1. The summed E-state index contributed by atoms with van der Waals surface area (Å²) in [7, 11) is 4.98. The van der Waals surface area contributed by atoms with Crippen LogP contribution >= 0.6 is 0 Å². The molecule has 6 nitrogen and oxygen atoms in total. The van der Waals surface area contributed by atoms with E-state index < -0.39 is 17.6 Å². The molecule has 2 aromatic carbocycles. The van der Waals surface area contributed by atoms with Crippen molar-refractivity contribution in [3.63, 3.8) is 0 Å². The van der Waals surface area contributed by atoms with Crippen molar-refractivity contribution < 1.29 is 23.5 Å². The number of allylic oxidation sites excluding steroid dienone is 1. The van der Waals surface area contributed by atoms with E-state index in [1.165, 1.54) is 43.5 Å². The molecule has 0 aromatic heterocycles. The first-order valence-electron chi connectivity index (χ1n) is 7.75. The van der Waals surface area contributed by atoms with Gasteiger partial charge in [0, 0.05) is 5.56 Å². The zero-order valence-corrected chi connectivity index (χ0v) is 15.2.